The number of rotatable bonds is 10. The summed E-state index contributed by atoms with van der Waals surface area (Å²) in [6.07, 6.45) is -3.31. The molecule has 0 aliphatic carbocycles. The maximum absolute atomic E-state index is 16.1. The van der Waals surface area contributed by atoms with Crippen molar-refractivity contribution in [2.24, 2.45) is 0 Å². The Bertz CT molecular complexity index is 1420. The Morgan fingerprint density at radius 3 is 2.56 bits per heavy atom. The van der Waals surface area contributed by atoms with Gasteiger partial charge in [0.05, 0.1) is 12.5 Å². The van der Waals surface area contributed by atoms with Crippen LogP contribution < -0.4 is 9.61 Å². The second kappa shape index (κ2) is 11.8. The number of benzene rings is 2. The summed E-state index contributed by atoms with van der Waals surface area (Å²) in [4.78, 5) is 37.1. The van der Waals surface area contributed by atoms with Crippen LogP contribution in [0.5, 0.6) is 5.75 Å². The highest BCUT2D eigenvalue weighted by molar-refractivity contribution is 8.09. The first-order chi connectivity index (χ1) is 19.1. The number of fused-ring (bicyclic) bond motifs is 1. The van der Waals surface area contributed by atoms with E-state index in [4.69, 9.17) is 30.3 Å². The molecule has 222 valence electrons. The summed E-state index contributed by atoms with van der Waals surface area (Å²) in [5.41, 5.74) is -2.80. The summed E-state index contributed by atoms with van der Waals surface area (Å²) in [5, 5.41) is 15.1. The van der Waals surface area contributed by atoms with E-state index < -0.39 is 73.3 Å². The van der Waals surface area contributed by atoms with Crippen LogP contribution >= 0.6 is 6.64 Å². The van der Waals surface area contributed by atoms with Crippen molar-refractivity contribution in [3.8, 4) is 5.75 Å². The SMILES string of the molecule is CC(C)OC(=O)[C@H](C)NP(=S)(OC[C@@]1(F)O[C@@H](N2C=CC(=O)CC2=O)[C@](C)(F)[C@@H]1O)Oc1ccc2ccccc2c1. The molecule has 0 saturated carbocycles. The Kier molecular flexibility index (Phi) is 8.98. The average Bonchev–Trinajstić information content (AvgIpc) is 3.07. The third-order valence-electron chi connectivity index (χ3n) is 6.46. The molecule has 1 amide bonds. The smallest absolute Gasteiger partial charge is 0.323 e. The van der Waals surface area contributed by atoms with E-state index in [2.05, 4.69) is 5.09 Å². The summed E-state index contributed by atoms with van der Waals surface area (Å²) in [7, 11) is 0. The van der Waals surface area contributed by atoms with E-state index in [1.54, 1.807) is 32.0 Å². The Hall–Kier alpha value is -2.80. The fraction of sp³-hybridized carbons (Fsp3) is 0.444. The third kappa shape index (κ3) is 6.82. The number of ketones is 1. The molecule has 10 nitrogen and oxygen atoms in total. The van der Waals surface area contributed by atoms with Crippen LogP contribution in [-0.4, -0.2) is 70.3 Å². The van der Waals surface area contributed by atoms with E-state index in [1.165, 1.54) is 6.92 Å². The number of aliphatic hydroxyl groups is 1. The van der Waals surface area contributed by atoms with E-state index in [9.17, 15) is 19.5 Å². The van der Waals surface area contributed by atoms with Crippen molar-refractivity contribution in [1.82, 2.24) is 9.99 Å². The van der Waals surface area contributed by atoms with Crippen LogP contribution in [0.4, 0.5) is 8.78 Å². The molecule has 2 aromatic rings. The molecule has 2 aromatic carbocycles. The van der Waals surface area contributed by atoms with Gasteiger partial charge >= 0.3 is 12.6 Å². The standard InChI is InChI=1S/C27H31F2N2O8PS/c1-16(2)37-23(34)17(3)30-40(41,39-21-10-9-18-7-5-6-8-19(18)13-21)36-15-27(29)24(35)26(4,28)25(38-27)31-12-11-20(32)14-22(31)33/h5-13,16-17,24-25,35H,14-15H2,1-4H3,(H,30,41)/t17-,24-,25+,26+,27+,40?/m0/s1. The lowest BCUT2D eigenvalue weighted by Crippen LogP contribution is -2.52. The Labute approximate surface area is 240 Å². The molecular weight excluding hydrogens is 581 g/mol. The minimum atomic E-state index is -3.82. The minimum absolute atomic E-state index is 0.242. The molecule has 0 spiro atoms. The monoisotopic (exact) mass is 612 g/mol. The number of halogens is 2. The number of allylic oxidation sites excluding steroid dienone is 1. The molecular formula is C27H31F2N2O8PS. The Morgan fingerprint density at radius 2 is 1.90 bits per heavy atom. The fourth-order valence-corrected chi connectivity index (χ4v) is 6.76. The summed E-state index contributed by atoms with van der Waals surface area (Å²) in [6, 6.07) is 11.4. The first-order valence-corrected chi connectivity index (χ1v) is 15.4. The largest absolute Gasteiger partial charge is 0.462 e. The highest BCUT2D eigenvalue weighted by atomic mass is 32.5. The molecule has 0 aromatic heterocycles. The lowest BCUT2D eigenvalue weighted by molar-refractivity contribution is -0.209. The van der Waals surface area contributed by atoms with Crippen LogP contribution in [0.25, 0.3) is 10.8 Å². The molecule has 4 rings (SSSR count). The first-order valence-electron chi connectivity index (χ1n) is 12.8. The lowest BCUT2D eigenvalue weighted by Gasteiger charge is -2.32. The minimum Gasteiger partial charge on any atom is -0.462 e. The van der Waals surface area contributed by atoms with Gasteiger partial charge in [-0.1, -0.05) is 30.3 Å². The van der Waals surface area contributed by atoms with Crippen molar-refractivity contribution in [3.63, 3.8) is 0 Å². The van der Waals surface area contributed by atoms with Crippen molar-refractivity contribution >= 4 is 46.9 Å². The maximum Gasteiger partial charge on any atom is 0.323 e. The van der Waals surface area contributed by atoms with Crippen molar-refractivity contribution < 1.29 is 46.8 Å². The molecule has 6 atom stereocenters. The summed E-state index contributed by atoms with van der Waals surface area (Å²) in [6.45, 7) is 0.702. The maximum atomic E-state index is 16.1. The molecule has 14 heteroatoms. The highest BCUT2D eigenvalue weighted by Crippen LogP contribution is 2.50. The topological polar surface area (TPSA) is 124 Å². The van der Waals surface area contributed by atoms with Crippen LogP contribution in [-0.2, 0) is 40.2 Å². The van der Waals surface area contributed by atoms with Crippen LogP contribution in [0.2, 0.25) is 0 Å². The predicted octanol–water partition coefficient (Wildman–Crippen LogP) is 3.82. The number of amides is 1. The second-order valence-corrected chi connectivity index (χ2v) is 13.4. The van der Waals surface area contributed by atoms with E-state index in [1.807, 2.05) is 24.3 Å². The number of aliphatic hydroxyl groups excluding tert-OH is 1. The van der Waals surface area contributed by atoms with Gasteiger partial charge in [0.1, 0.15) is 18.4 Å². The van der Waals surface area contributed by atoms with E-state index in [-0.39, 0.29) is 5.75 Å². The zero-order valence-electron chi connectivity index (χ0n) is 22.8. The number of nitrogens with zero attached hydrogens (tertiary/aromatic N) is 1. The molecule has 2 aliphatic rings. The van der Waals surface area contributed by atoms with E-state index in [0.29, 0.717) is 0 Å². The van der Waals surface area contributed by atoms with Crippen molar-refractivity contribution in [2.75, 3.05) is 6.61 Å². The normalized spacial score (nSPS) is 28.6. The average molecular weight is 613 g/mol. The molecule has 41 heavy (non-hydrogen) atoms. The fourth-order valence-electron chi connectivity index (χ4n) is 4.37. The molecule has 0 radical (unpaired) electrons. The Balaban J connectivity index is 1.59. The second-order valence-electron chi connectivity index (χ2n) is 10.3. The van der Waals surface area contributed by atoms with Crippen molar-refractivity contribution in [3.05, 3.63) is 54.7 Å². The van der Waals surface area contributed by atoms with Crippen LogP contribution in [0.3, 0.4) is 0 Å². The zero-order chi connectivity index (χ0) is 30.2. The number of carbonyl (C=O) groups is 3. The quantitative estimate of drug-likeness (QED) is 0.233. The van der Waals surface area contributed by atoms with E-state index >= 15 is 8.78 Å². The van der Waals surface area contributed by atoms with Gasteiger partial charge in [-0.3, -0.25) is 19.3 Å². The van der Waals surface area contributed by atoms with Gasteiger partial charge in [0, 0.05) is 6.20 Å². The van der Waals surface area contributed by atoms with Crippen molar-refractivity contribution in [2.45, 2.75) is 70.1 Å². The third-order valence-corrected chi connectivity index (χ3v) is 8.94. The molecule has 1 saturated heterocycles. The predicted molar refractivity (Wildman–Crippen MR) is 148 cm³/mol. The summed E-state index contributed by atoms with van der Waals surface area (Å²) in [5.74, 6) is -4.96. The van der Waals surface area contributed by atoms with Crippen LogP contribution in [0, 0.1) is 0 Å². The molecule has 2 aliphatic heterocycles. The lowest BCUT2D eigenvalue weighted by atomic mass is 9.96. The first kappa shape index (κ1) is 31.1. The summed E-state index contributed by atoms with van der Waals surface area (Å²) < 4.78 is 53.9. The molecule has 0 bridgehead atoms. The van der Waals surface area contributed by atoms with E-state index in [0.717, 1.165) is 34.9 Å². The van der Waals surface area contributed by atoms with Crippen molar-refractivity contribution in [1.29, 1.82) is 0 Å². The van der Waals surface area contributed by atoms with Crippen LogP contribution in [0.15, 0.2) is 54.7 Å². The van der Waals surface area contributed by atoms with Gasteiger partial charge in [0.2, 0.25) is 5.91 Å². The molecule has 2 heterocycles. The summed E-state index contributed by atoms with van der Waals surface area (Å²) >= 11 is 5.62. The number of carbonyl (C=O) groups excluding carboxylic acids is 3. The number of hydrogen-bond donors (Lipinski definition) is 2. The highest BCUT2D eigenvalue weighted by Gasteiger charge is 2.66. The molecule has 2 N–H and O–H groups in total. The van der Waals surface area contributed by atoms with Gasteiger partial charge in [0.25, 0.3) is 5.85 Å². The molecule has 1 fully saturated rings. The Morgan fingerprint density at radius 1 is 1.22 bits per heavy atom. The van der Waals surface area contributed by atoms with Gasteiger partial charge in [-0.15, -0.1) is 0 Å². The van der Waals surface area contributed by atoms with Gasteiger partial charge in [-0.25, -0.2) is 13.9 Å². The zero-order valence-corrected chi connectivity index (χ0v) is 24.5. The number of ether oxygens (including phenoxy) is 2. The molecule has 1 unspecified atom stereocenters. The van der Waals surface area contributed by atoms with Gasteiger partial charge in [-0.05, 0) is 68.5 Å². The number of esters is 1. The van der Waals surface area contributed by atoms with Crippen LogP contribution in [0.1, 0.15) is 34.1 Å². The van der Waals surface area contributed by atoms with Gasteiger partial charge < -0.3 is 23.6 Å². The number of nitrogens with one attached hydrogen (secondary N) is 1. The number of alkyl halides is 2. The van der Waals surface area contributed by atoms with Gasteiger partial charge in [0.15, 0.2) is 23.8 Å². The number of hydrogen-bond acceptors (Lipinski definition) is 9. The van der Waals surface area contributed by atoms with Gasteiger partial charge in [-0.2, -0.15) is 0 Å².